The summed E-state index contributed by atoms with van der Waals surface area (Å²) in [5.41, 5.74) is 0. The molecule has 0 fully saturated rings. The van der Waals surface area contributed by atoms with Crippen LogP contribution in [0, 0.1) is 0 Å². The third-order valence-corrected chi connectivity index (χ3v) is 9.46. The highest BCUT2D eigenvalue weighted by Gasteiger charge is 2.47. The Bertz CT molecular complexity index is 753. The van der Waals surface area contributed by atoms with Crippen LogP contribution < -0.4 is 28.3 Å². The van der Waals surface area contributed by atoms with E-state index in [0.29, 0.717) is 0 Å². The Morgan fingerprint density at radius 2 is 1.15 bits per heavy atom. The largest absolute Gasteiger partial charge is 1.00 e. The van der Waals surface area contributed by atoms with Gasteiger partial charge in [0.2, 0.25) is 0 Å². The van der Waals surface area contributed by atoms with Crippen LogP contribution in [0.15, 0.2) is 103 Å². The Labute approximate surface area is 168 Å². The topological polar surface area (TPSA) is 9.23 Å². The second kappa shape index (κ2) is 9.33. The predicted molar refractivity (Wildman–Crippen MR) is 114 cm³/mol. The lowest BCUT2D eigenvalue weighted by atomic mass is 10.2. The highest BCUT2D eigenvalue weighted by Crippen LogP contribution is 2.56. The van der Waals surface area contributed by atoms with Crippen LogP contribution in [0.25, 0.3) is 0 Å². The van der Waals surface area contributed by atoms with Gasteiger partial charge in [-0.1, -0.05) is 66.7 Å². The molecule has 27 heavy (non-hydrogen) atoms. The fourth-order valence-electron chi connectivity index (χ4n) is 3.79. The first-order valence-corrected chi connectivity index (χ1v) is 11.2. The van der Waals surface area contributed by atoms with Gasteiger partial charge in [-0.05, 0) is 42.8 Å². The van der Waals surface area contributed by atoms with Gasteiger partial charge in [-0.15, -0.1) is 0 Å². The average molecular weight is 395 g/mol. The average Bonchev–Trinajstić information content (AvgIpc) is 2.75. The monoisotopic (exact) mass is 394 g/mol. The van der Waals surface area contributed by atoms with Gasteiger partial charge in [0.05, 0.1) is 6.61 Å². The molecular formula is C24H24ClOP. The van der Waals surface area contributed by atoms with Crippen molar-refractivity contribution in [2.75, 3.05) is 12.8 Å². The van der Waals surface area contributed by atoms with Gasteiger partial charge in [0.1, 0.15) is 35.4 Å². The maximum absolute atomic E-state index is 6.14. The Morgan fingerprint density at radius 1 is 0.704 bits per heavy atom. The van der Waals surface area contributed by atoms with E-state index >= 15 is 0 Å². The van der Waals surface area contributed by atoms with Crippen molar-refractivity contribution in [3.8, 4) is 0 Å². The smallest absolute Gasteiger partial charge is 0.115 e. The predicted octanol–water partition coefficient (Wildman–Crippen LogP) is 1.33. The molecule has 3 aromatic carbocycles. The van der Waals surface area contributed by atoms with Crippen molar-refractivity contribution in [2.45, 2.75) is 12.5 Å². The number of hydrogen-bond acceptors (Lipinski definition) is 1. The van der Waals surface area contributed by atoms with Crippen LogP contribution >= 0.6 is 7.26 Å². The van der Waals surface area contributed by atoms with Gasteiger partial charge in [-0.2, -0.15) is 0 Å². The third-order valence-electron chi connectivity index (χ3n) is 5.01. The molecule has 1 atom stereocenters. The number of benzene rings is 3. The van der Waals surface area contributed by atoms with Gasteiger partial charge < -0.3 is 17.1 Å². The molecular weight excluding hydrogens is 371 g/mol. The van der Waals surface area contributed by atoms with E-state index in [2.05, 4.69) is 103 Å². The summed E-state index contributed by atoms with van der Waals surface area (Å²) in [7, 11) is -1.80. The molecule has 0 aromatic heterocycles. The van der Waals surface area contributed by atoms with Gasteiger partial charge in [0.15, 0.2) is 0 Å². The van der Waals surface area contributed by atoms with Crippen molar-refractivity contribution in [3.63, 3.8) is 0 Å². The van der Waals surface area contributed by atoms with Crippen LogP contribution in [0.5, 0.6) is 0 Å². The molecule has 4 rings (SSSR count). The van der Waals surface area contributed by atoms with Crippen LogP contribution in [-0.4, -0.2) is 18.9 Å². The normalized spacial score (nSPS) is 16.5. The van der Waals surface area contributed by atoms with E-state index < -0.39 is 7.26 Å². The quantitative estimate of drug-likeness (QED) is 0.468. The summed E-state index contributed by atoms with van der Waals surface area (Å²) in [4.78, 5) is 0. The molecule has 3 aromatic rings. The van der Waals surface area contributed by atoms with Crippen molar-refractivity contribution in [2.24, 2.45) is 0 Å². The van der Waals surface area contributed by atoms with Crippen molar-refractivity contribution < 1.29 is 17.1 Å². The molecule has 0 bridgehead atoms. The number of ether oxygens (including phenoxy) is 1. The molecule has 1 unspecified atom stereocenters. The molecule has 0 N–H and O–H groups in total. The van der Waals surface area contributed by atoms with Crippen molar-refractivity contribution >= 4 is 23.2 Å². The highest BCUT2D eigenvalue weighted by molar-refractivity contribution is 7.95. The minimum atomic E-state index is -1.80. The zero-order valence-electron chi connectivity index (χ0n) is 15.2. The molecule has 1 nitrogen and oxygen atoms in total. The number of hydrogen-bond donors (Lipinski definition) is 0. The molecule has 0 spiro atoms. The molecule has 1 aliphatic rings. The minimum absolute atomic E-state index is 0. The van der Waals surface area contributed by atoms with E-state index in [4.69, 9.17) is 4.74 Å². The Balaban J connectivity index is 0.00000210. The molecule has 0 saturated carbocycles. The first-order valence-electron chi connectivity index (χ1n) is 9.23. The molecule has 1 aliphatic heterocycles. The van der Waals surface area contributed by atoms with Crippen molar-refractivity contribution in [3.05, 3.63) is 103 Å². The van der Waals surface area contributed by atoms with Crippen LogP contribution in [0.3, 0.4) is 0 Å². The Kier molecular flexibility index (Phi) is 6.85. The van der Waals surface area contributed by atoms with Crippen molar-refractivity contribution in [1.82, 2.24) is 0 Å². The van der Waals surface area contributed by atoms with Crippen molar-refractivity contribution in [1.29, 1.82) is 0 Å². The van der Waals surface area contributed by atoms with Crippen LogP contribution in [0.2, 0.25) is 0 Å². The lowest BCUT2D eigenvalue weighted by Crippen LogP contribution is -3.00. The summed E-state index contributed by atoms with van der Waals surface area (Å²) >= 11 is 0. The van der Waals surface area contributed by atoms with Gasteiger partial charge in [-0.25, -0.2) is 0 Å². The van der Waals surface area contributed by atoms with Gasteiger partial charge in [0.25, 0.3) is 0 Å². The summed E-state index contributed by atoms with van der Waals surface area (Å²) in [6, 6.07) is 33.0. The van der Waals surface area contributed by atoms with E-state index in [9.17, 15) is 0 Å². The summed E-state index contributed by atoms with van der Waals surface area (Å²) in [5, 5.41) is 4.25. The standard InChI is InChI=1S/C24H24OP.ClH/c1-4-13-22(14-5-1)26(23-15-6-2-7-16-23,24-17-8-3-9-18-24)20-21-12-10-11-19-25-21;/h1-10,12-18,21H,11,19-20H2;1H/q+1;/p-1. The Morgan fingerprint density at radius 3 is 1.52 bits per heavy atom. The summed E-state index contributed by atoms with van der Waals surface area (Å²) in [6.45, 7) is 0.819. The zero-order valence-corrected chi connectivity index (χ0v) is 16.9. The second-order valence-electron chi connectivity index (χ2n) is 6.63. The van der Waals surface area contributed by atoms with E-state index in [1.165, 1.54) is 15.9 Å². The molecule has 3 heteroatoms. The Hall–Kier alpha value is -1.92. The summed E-state index contributed by atoms with van der Waals surface area (Å²) < 4.78 is 6.14. The highest BCUT2D eigenvalue weighted by atomic mass is 35.5. The lowest BCUT2D eigenvalue weighted by Gasteiger charge is -2.31. The van der Waals surface area contributed by atoms with Crippen LogP contribution in [0.1, 0.15) is 6.42 Å². The van der Waals surface area contributed by atoms with E-state index in [0.717, 1.165) is 19.2 Å². The summed E-state index contributed by atoms with van der Waals surface area (Å²) in [6.07, 6.45) is 6.71. The SMILES string of the molecule is C1=CC(C[P+](c2ccccc2)(c2ccccc2)c2ccccc2)OCC1.[Cl-]. The maximum Gasteiger partial charge on any atom is 0.115 e. The third kappa shape index (κ3) is 4.17. The molecule has 0 saturated heterocycles. The maximum atomic E-state index is 6.14. The minimum Gasteiger partial charge on any atom is -1.00 e. The summed E-state index contributed by atoms with van der Waals surface area (Å²) in [5.74, 6) is 0. The van der Waals surface area contributed by atoms with E-state index in [-0.39, 0.29) is 18.5 Å². The zero-order chi connectivity index (χ0) is 17.7. The van der Waals surface area contributed by atoms with Crippen LogP contribution in [-0.2, 0) is 4.74 Å². The first kappa shape index (κ1) is 19.8. The molecule has 1 heterocycles. The molecule has 0 aliphatic carbocycles. The van der Waals surface area contributed by atoms with E-state index in [1.807, 2.05) is 0 Å². The van der Waals surface area contributed by atoms with Gasteiger partial charge >= 0.3 is 0 Å². The van der Waals surface area contributed by atoms with Crippen LogP contribution in [0.4, 0.5) is 0 Å². The van der Waals surface area contributed by atoms with Gasteiger partial charge in [0, 0.05) is 0 Å². The lowest BCUT2D eigenvalue weighted by molar-refractivity contribution is -0.00000666. The fourth-order valence-corrected chi connectivity index (χ4v) is 8.12. The molecule has 138 valence electrons. The molecule has 0 radical (unpaired) electrons. The molecule has 0 amide bonds. The number of rotatable bonds is 5. The van der Waals surface area contributed by atoms with Gasteiger partial charge in [-0.3, -0.25) is 0 Å². The first-order chi connectivity index (χ1) is 12.9. The second-order valence-corrected chi connectivity index (χ2v) is 10.2. The fraction of sp³-hybridized carbons (Fsp3) is 0.167. The number of halogens is 1. The van der Waals surface area contributed by atoms with E-state index in [1.54, 1.807) is 0 Å².